The number of hydrogen-bond donors (Lipinski definition) is 1. The number of hydrogen-bond acceptors (Lipinski definition) is 4. The third-order valence-corrected chi connectivity index (χ3v) is 4.07. The van der Waals surface area contributed by atoms with Gasteiger partial charge in [0.25, 0.3) is 11.8 Å². The predicted octanol–water partition coefficient (Wildman–Crippen LogP) is 2.50. The molecule has 0 saturated carbocycles. The molecule has 128 valence electrons. The van der Waals surface area contributed by atoms with Gasteiger partial charge in [0, 0.05) is 0 Å². The van der Waals surface area contributed by atoms with E-state index in [1.807, 2.05) is 24.3 Å². The maximum absolute atomic E-state index is 12.2. The second kappa shape index (κ2) is 7.42. The maximum atomic E-state index is 12.2. The molecule has 25 heavy (non-hydrogen) atoms. The summed E-state index contributed by atoms with van der Waals surface area (Å²) in [5.74, 6) is -0.751. The van der Waals surface area contributed by atoms with Crippen LogP contribution in [0.15, 0.2) is 55.1 Å². The summed E-state index contributed by atoms with van der Waals surface area (Å²) < 4.78 is 5.49. The van der Waals surface area contributed by atoms with Gasteiger partial charge in [-0.3, -0.25) is 14.5 Å². The molecule has 1 aliphatic heterocycles. The van der Waals surface area contributed by atoms with Crippen molar-refractivity contribution in [3.8, 4) is 0 Å². The number of nitrogens with zero attached hydrogens (tertiary/aromatic N) is 1. The van der Waals surface area contributed by atoms with Crippen molar-refractivity contribution >= 4 is 17.9 Å². The van der Waals surface area contributed by atoms with Gasteiger partial charge in [0.2, 0.25) is 0 Å². The van der Waals surface area contributed by atoms with E-state index >= 15 is 0 Å². The molecule has 0 bridgehead atoms. The molecule has 0 saturated heterocycles. The molecule has 1 aliphatic rings. The Morgan fingerprint density at radius 1 is 1.04 bits per heavy atom. The number of benzene rings is 2. The SMILES string of the molecule is C=Cc1ccc(COCC(O)CN2C(=O)c3ccccc3C2=O)cc1. The Labute approximate surface area is 146 Å². The number of fused-ring (bicyclic) bond motifs is 1. The van der Waals surface area contributed by atoms with Crippen LogP contribution < -0.4 is 0 Å². The highest BCUT2D eigenvalue weighted by Crippen LogP contribution is 2.22. The van der Waals surface area contributed by atoms with E-state index in [0.717, 1.165) is 16.0 Å². The minimum atomic E-state index is -0.935. The zero-order valence-corrected chi connectivity index (χ0v) is 13.7. The van der Waals surface area contributed by atoms with Crippen molar-refractivity contribution in [1.82, 2.24) is 4.90 Å². The number of imide groups is 1. The second-order valence-corrected chi connectivity index (χ2v) is 5.88. The van der Waals surface area contributed by atoms with Gasteiger partial charge >= 0.3 is 0 Å². The van der Waals surface area contributed by atoms with Crippen molar-refractivity contribution in [2.75, 3.05) is 13.2 Å². The van der Waals surface area contributed by atoms with E-state index in [1.54, 1.807) is 30.3 Å². The van der Waals surface area contributed by atoms with Crippen molar-refractivity contribution in [3.63, 3.8) is 0 Å². The van der Waals surface area contributed by atoms with Gasteiger partial charge in [0.1, 0.15) is 0 Å². The molecule has 1 heterocycles. The van der Waals surface area contributed by atoms with Crippen molar-refractivity contribution < 1.29 is 19.4 Å². The molecular weight excluding hydrogens is 318 g/mol. The topological polar surface area (TPSA) is 66.8 Å². The normalized spacial score (nSPS) is 14.5. The Morgan fingerprint density at radius 2 is 1.64 bits per heavy atom. The molecule has 0 spiro atoms. The first-order chi connectivity index (χ1) is 12.1. The van der Waals surface area contributed by atoms with E-state index in [0.29, 0.717) is 17.7 Å². The lowest BCUT2D eigenvalue weighted by molar-refractivity contribution is 0.0120. The largest absolute Gasteiger partial charge is 0.389 e. The third-order valence-electron chi connectivity index (χ3n) is 4.07. The molecule has 0 fully saturated rings. The van der Waals surface area contributed by atoms with Gasteiger partial charge in [-0.25, -0.2) is 0 Å². The molecule has 0 aromatic heterocycles. The standard InChI is InChI=1S/C20H19NO4/c1-2-14-7-9-15(10-8-14)12-25-13-16(22)11-21-19(23)17-5-3-4-6-18(17)20(21)24/h2-10,16,22H,1,11-13H2. The Balaban J connectivity index is 1.51. The zero-order chi connectivity index (χ0) is 17.8. The van der Waals surface area contributed by atoms with Crippen molar-refractivity contribution in [2.24, 2.45) is 0 Å². The fraction of sp³-hybridized carbons (Fsp3) is 0.200. The van der Waals surface area contributed by atoms with Crippen LogP contribution in [0, 0.1) is 0 Å². The molecular formula is C20H19NO4. The van der Waals surface area contributed by atoms with Gasteiger partial charge in [-0.15, -0.1) is 0 Å². The van der Waals surface area contributed by atoms with E-state index in [4.69, 9.17) is 4.74 Å². The number of rotatable bonds is 7. The van der Waals surface area contributed by atoms with Crippen molar-refractivity contribution in [1.29, 1.82) is 0 Å². The average Bonchev–Trinajstić information content (AvgIpc) is 2.88. The number of ether oxygens (including phenoxy) is 1. The summed E-state index contributed by atoms with van der Waals surface area (Å²) in [5.41, 5.74) is 2.75. The first kappa shape index (κ1) is 17.1. The number of β-amino-alcohol motifs (C(OH)–C–C–N with tert-alkyl or cyclic N) is 1. The summed E-state index contributed by atoms with van der Waals surface area (Å²) >= 11 is 0. The number of aliphatic hydroxyl groups excluding tert-OH is 1. The van der Waals surface area contributed by atoms with E-state index in [-0.39, 0.29) is 25.0 Å². The summed E-state index contributed by atoms with van der Waals surface area (Å²) in [7, 11) is 0. The van der Waals surface area contributed by atoms with Gasteiger partial charge in [-0.05, 0) is 23.3 Å². The Bertz CT molecular complexity index is 763. The van der Waals surface area contributed by atoms with E-state index < -0.39 is 6.10 Å². The van der Waals surface area contributed by atoms with Gasteiger partial charge < -0.3 is 9.84 Å². The molecule has 5 nitrogen and oxygen atoms in total. The molecule has 2 aromatic carbocycles. The van der Waals surface area contributed by atoms with E-state index in [9.17, 15) is 14.7 Å². The fourth-order valence-electron chi connectivity index (χ4n) is 2.73. The van der Waals surface area contributed by atoms with Crippen LogP contribution in [0.3, 0.4) is 0 Å². The lowest BCUT2D eigenvalue weighted by Gasteiger charge is -2.18. The van der Waals surface area contributed by atoms with Crippen LogP contribution in [-0.4, -0.2) is 41.1 Å². The highest BCUT2D eigenvalue weighted by molar-refractivity contribution is 6.21. The summed E-state index contributed by atoms with van der Waals surface area (Å²) in [5, 5.41) is 10.1. The monoisotopic (exact) mass is 337 g/mol. The highest BCUT2D eigenvalue weighted by Gasteiger charge is 2.36. The fourth-order valence-corrected chi connectivity index (χ4v) is 2.73. The first-order valence-electron chi connectivity index (χ1n) is 8.02. The van der Waals surface area contributed by atoms with Gasteiger partial charge in [0.05, 0.1) is 37.0 Å². The lowest BCUT2D eigenvalue weighted by Crippen LogP contribution is -2.38. The average molecular weight is 337 g/mol. The lowest BCUT2D eigenvalue weighted by atomic mass is 10.1. The van der Waals surface area contributed by atoms with Gasteiger partial charge in [-0.2, -0.15) is 0 Å². The summed E-state index contributed by atoms with van der Waals surface area (Å²) in [6.45, 7) is 4.00. The van der Waals surface area contributed by atoms with E-state index in [2.05, 4.69) is 6.58 Å². The molecule has 2 aromatic rings. The third kappa shape index (κ3) is 3.68. The minimum Gasteiger partial charge on any atom is -0.389 e. The molecule has 1 unspecified atom stereocenters. The van der Waals surface area contributed by atoms with Crippen LogP contribution in [0.2, 0.25) is 0 Å². The summed E-state index contributed by atoms with van der Waals surface area (Å²) in [6.07, 6.45) is 0.825. The second-order valence-electron chi connectivity index (χ2n) is 5.88. The predicted molar refractivity (Wildman–Crippen MR) is 94.0 cm³/mol. The van der Waals surface area contributed by atoms with Crippen molar-refractivity contribution in [3.05, 3.63) is 77.4 Å². The molecule has 2 amide bonds. The van der Waals surface area contributed by atoms with Crippen LogP contribution in [0.5, 0.6) is 0 Å². The Morgan fingerprint density at radius 3 is 2.20 bits per heavy atom. The molecule has 1 N–H and O–H groups in total. The smallest absolute Gasteiger partial charge is 0.261 e. The maximum Gasteiger partial charge on any atom is 0.261 e. The van der Waals surface area contributed by atoms with Crippen LogP contribution in [0.4, 0.5) is 0 Å². The number of carbonyl (C=O) groups excluding carboxylic acids is 2. The zero-order valence-electron chi connectivity index (χ0n) is 13.7. The highest BCUT2D eigenvalue weighted by atomic mass is 16.5. The Hall–Kier alpha value is -2.76. The van der Waals surface area contributed by atoms with Crippen LogP contribution in [0.25, 0.3) is 6.08 Å². The molecule has 1 atom stereocenters. The van der Waals surface area contributed by atoms with Crippen molar-refractivity contribution in [2.45, 2.75) is 12.7 Å². The first-order valence-corrected chi connectivity index (χ1v) is 8.02. The number of aliphatic hydroxyl groups is 1. The molecule has 0 aliphatic carbocycles. The summed E-state index contributed by atoms with van der Waals surface area (Å²) in [4.78, 5) is 25.6. The van der Waals surface area contributed by atoms with Crippen LogP contribution in [-0.2, 0) is 11.3 Å². The molecule has 0 radical (unpaired) electrons. The summed E-state index contributed by atoms with van der Waals surface area (Å²) in [6, 6.07) is 14.4. The van der Waals surface area contributed by atoms with E-state index in [1.165, 1.54) is 0 Å². The van der Waals surface area contributed by atoms with Gasteiger partial charge in [-0.1, -0.05) is 49.1 Å². The number of carbonyl (C=O) groups is 2. The molecule has 3 rings (SSSR count). The quantitative estimate of drug-likeness (QED) is 0.789. The molecule has 5 heteroatoms. The van der Waals surface area contributed by atoms with Crippen LogP contribution in [0.1, 0.15) is 31.8 Å². The van der Waals surface area contributed by atoms with Crippen LogP contribution >= 0.6 is 0 Å². The Kier molecular flexibility index (Phi) is 5.07. The number of amides is 2. The van der Waals surface area contributed by atoms with Gasteiger partial charge in [0.15, 0.2) is 0 Å². The minimum absolute atomic E-state index is 0.0383.